The molecule has 2 unspecified atom stereocenters. The molecule has 10 heteroatoms. The Labute approximate surface area is 366 Å². The molecule has 0 aromatic heterocycles. The largest absolute Gasteiger partial charge is 0.462 e. The monoisotopic (exact) mass is 853 g/mol. The molecule has 4 N–H and O–H groups in total. The fourth-order valence-corrected chi connectivity index (χ4v) is 7.64. The van der Waals surface area contributed by atoms with Gasteiger partial charge in [-0.25, -0.2) is 0 Å². The molecule has 0 radical (unpaired) electrons. The number of aliphatic hydroxyl groups is 4. The Bertz CT molecular complexity index is 1030. The molecular formula is C50H92O10. The van der Waals surface area contributed by atoms with E-state index >= 15 is 0 Å². The quantitative estimate of drug-likeness (QED) is 0.0265. The highest BCUT2D eigenvalue weighted by molar-refractivity contribution is 5.70. The first-order valence-corrected chi connectivity index (χ1v) is 24.9. The Balaban J connectivity index is 2.30. The number of esters is 2. The molecule has 1 rings (SSSR count). The number of hydrogen-bond donors (Lipinski definition) is 4. The standard InChI is InChI=1S/C50H92O10/c1-3-5-7-9-11-13-15-17-19-21-23-25-27-29-31-33-35-37-39-46(53)59-43(42-58-50-49(56)48(55)47(54)44(40-51)60-50)41-57-45(52)38-36-34-32-30-28-26-24-22-20-18-16-14-12-10-8-6-4-2/h24,26,30,32,43-44,47-51,54-56H,3-23,25,27-29,31,33-42H2,1-2H3/b26-24+,32-30+/t43-,44-,47+,48?,49?,50-/m1/s1. The highest BCUT2D eigenvalue weighted by Crippen LogP contribution is 2.23. The maximum atomic E-state index is 12.8. The van der Waals surface area contributed by atoms with Gasteiger partial charge in [0.05, 0.1) is 13.2 Å². The molecule has 1 aliphatic heterocycles. The second-order valence-corrected chi connectivity index (χ2v) is 17.3. The van der Waals surface area contributed by atoms with E-state index < -0.39 is 55.4 Å². The molecule has 10 nitrogen and oxygen atoms in total. The molecule has 1 fully saturated rings. The minimum atomic E-state index is -1.60. The van der Waals surface area contributed by atoms with Gasteiger partial charge in [-0.3, -0.25) is 9.59 Å². The second-order valence-electron chi connectivity index (χ2n) is 17.3. The lowest BCUT2D eigenvalue weighted by atomic mass is 9.99. The van der Waals surface area contributed by atoms with Gasteiger partial charge in [-0.15, -0.1) is 0 Å². The zero-order valence-corrected chi connectivity index (χ0v) is 38.5. The average Bonchev–Trinajstić information content (AvgIpc) is 3.25. The molecule has 1 aliphatic rings. The minimum absolute atomic E-state index is 0.215. The van der Waals surface area contributed by atoms with E-state index in [2.05, 4.69) is 38.2 Å². The first kappa shape index (κ1) is 56.2. The minimum Gasteiger partial charge on any atom is -0.462 e. The van der Waals surface area contributed by atoms with Gasteiger partial charge in [-0.1, -0.05) is 199 Å². The van der Waals surface area contributed by atoms with Crippen LogP contribution in [0.1, 0.15) is 226 Å². The van der Waals surface area contributed by atoms with E-state index in [1.807, 2.05) is 0 Å². The maximum Gasteiger partial charge on any atom is 0.306 e. The van der Waals surface area contributed by atoms with Crippen molar-refractivity contribution in [3.8, 4) is 0 Å². The Morgan fingerprint density at radius 2 is 0.950 bits per heavy atom. The third-order valence-corrected chi connectivity index (χ3v) is 11.6. The van der Waals surface area contributed by atoms with Crippen molar-refractivity contribution in [1.82, 2.24) is 0 Å². The average molecular weight is 853 g/mol. The van der Waals surface area contributed by atoms with E-state index in [1.54, 1.807) is 0 Å². The Morgan fingerprint density at radius 1 is 0.517 bits per heavy atom. The van der Waals surface area contributed by atoms with Crippen molar-refractivity contribution < 1.29 is 49.0 Å². The molecule has 0 aromatic rings. The SMILES string of the molecule is CCCCCCCCCCC/C=C/C/C=C/CCCC(=O)OC[C@H](CO[C@@H]1O[C@H](CO)[C@H](O)C(O)C1O)OC(=O)CCCCCCCCCCCCCCCCCCCC. The van der Waals surface area contributed by atoms with E-state index in [0.717, 1.165) is 38.5 Å². The van der Waals surface area contributed by atoms with Gasteiger partial charge < -0.3 is 39.4 Å². The zero-order valence-electron chi connectivity index (χ0n) is 38.5. The van der Waals surface area contributed by atoms with E-state index in [1.165, 1.54) is 148 Å². The van der Waals surface area contributed by atoms with Crippen LogP contribution >= 0.6 is 0 Å². The highest BCUT2D eigenvalue weighted by Gasteiger charge is 2.44. The molecule has 60 heavy (non-hydrogen) atoms. The van der Waals surface area contributed by atoms with Gasteiger partial charge in [0, 0.05) is 12.8 Å². The third-order valence-electron chi connectivity index (χ3n) is 11.6. The lowest BCUT2D eigenvalue weighted by molar-refractivity contribution is -0.305. The van der Waals surface area contributed by atoms with Crippen molar-refractivity contribution >= 4 is 11.9 Å². The number of hydrogen-bond acceptors (Lipinski definition) is 10. The predicted molar refractivity (Wildman–Crippen MR) is 243 cm³/mol. The van der Waals surface area contributed by atoms with Gasteiger partial charge in [0.2, 0.25) is 0 Å². The Kier molecular flexibility index (Phi) is 38.6. The summed E-state index contributed by atoms with van der Waals surface area (Å²) < 4.78 is 22.2. The molecule has 1 heterocycles. The van der Waals surface area contributed by atoms with Crippen LogP contribution in [0.4, 0.5) is 0 Å². The van der Waals surface area contributed by atoms with Gasteiger partial charge in [0.25, 0.3) is 0 Å². The summed E-state index contributed by atoms with van der Waals surface area (Å²) in [7, 11) is 0. The van der Waals surface area contributed by atoms with Crippen molar-refractivity contribution in [3.05, 3.63) is 24.3 Å². The third kappa shape index (κ3) is 31.9. The van der Waals surface area contributed by atoms with E-state index in [0.29, 0.717) is 12.8 Å². The van der Waals surface area contributed by atoms with Crippen LogP contribution in [0.15, 0.2) is 24.3 Å². The summed E-state index contributed by atoms with van der Waals surface area (Å²) in [5, 5.41) is 40.1. The summed E-state index contributed by atoms with van der Waals surface area (Å²) in [5.74, 6) is -0.848. The van der Waals surface area contributed by atoms with Crippen molar-refractivity contribution in [3.63, 3.8) is 0 Å². The molecule has 0 aliphatic carbocycles. The van der Waals surface area contributed by atoms with Gasteiger partial charge >= 0.3 is 11.9 Å². The van der Waals surface area contributed by atoms with E-state index in [9.17, 15) is 30.0 Å². The second kappa shape index (κ2) is 41.2. The van der Waals surface area contributed by atoms with Crippen LogP contribution in [0, 0.1) is 0 Å². The number of carbonyl (C=O) groups is 2. The predicted octanol–water partition coefficient (Wildman–Crippen LogP) is 11.3. The zero-order chi connectivity index (χ0) is 43.7. The summed E-state index contributed by atoms with van der Waals surface area (Å²) in [6, 6.07) is 0. The fourth-order valence-electron chi connectivity index (χ4n) is 7.64. The van der Waals surface area contributed by atoms with Crippen molar-refractivity contribution in [1.29, 1.82) is 0 Å². The van der Waals surface area contributed by atoms with Gasteiger partial charge in [-0.2, -0.15) is 0 Å². The topological polar surface area (TPSA) is 152 Å². The molecule has 1 saturated heterocycles. The van der Waals surface area contributed by atoms with Crippen LogP contribution in [-0.4, -0.2) is 89.0 Å². The smallest absolute Gasteiger partial charge is 0.306 e. The number of allylic oxidation sites excluding steroid dienone is 4. The van der Waals surface area contributed by atoms with E-state index in [4.69, 9.17) is 18.9 Å². The molecular weight excluding hydrogens is 761 g/mol. The van der Waals surface area contributed by atoms with Crippen LogP contribution in [-0.2, 0) is 28.5 Å². The molecule has 0 bridgehead atoms. The van der Waals surface area contributed by atoms with Gasteiger partial charge in [-0.05, 0) is 38.5 Å². The molecule has 0 amide bonds. The number of unbranched alkanes of at least 4 members (excludes halogenated alkanes) is 27. The lowest BCUT2D eigenvalue weighted by Gasteiger charge is -2.39. The molecule has 0 saturated carbocycles. The Morgan fingerprint density at radius 3 is 1.43 bits per heavy atom. The lowest BCUT2D eigenvalue weighted by Crippen LogP contribution is -2.59. The summed E-state index contributed by atoms with van der Waals surface area (Å²) in [4.78, 5) is 25.4. The first-order valence-electron chi connectivity index (χ1n) is 24.9. The first-order chi connectivity index (χ1) is 29.3. The molecule has 6 atom stereocenters. The summed E-state index contributed by atoms with van der Waals surface area (Å²) >= 11 is 0. The van der Waals surface area contributed by atoms with Crippen LogP contribution in [0.2, 0.25) is 0 Å². The number of aliphatic hydroxyl groups excluding tert-OH is 4. The van der Waals surface area contributed by atoms with Crippen molar-refractivity contribution in [2.45, 2.75) is 263 Å². The van der Waals surface area contributed by atoms with Crippen LogP contribution in [0.25, 0.3) is 0 Å². The van der Waals surface area contributed by atoms with Crippen molar-refractivity contribution in [2.75, 3.05) is 19.8 Å². The number of ether oxygens (including phenoxy) is 4. The van der Waals surface area contributed by atoms with Crippen LogP contribution in [0.3, 0.4) is 0 Å². The summed E-state index contributed by atoms with van der Waals surface area (Å²) in [6.45, 7) is 3.41. The van der Waals surface area contributed by atoms with E-state index in [-0.39, 0.29) is 26.1 Å². The van der Waals surface area contributed by atoms with Crippen LogP contribution in [0.5, 0.6) is 0 Å². The number of rotatable bonds is 42. The maximum absolute atomic E-state index is 12.8. The molecule has 352 valence electrons. The highest BCUT2D eigenvalue weighted by atomic mass is 16.7. The van der Waals surface area contributed by atoms with Crippen LogP contribution < -0.4 is 0 Å². The normalized spacial score (nSPS) is 20.0. The number of carbonyl (C=O) groups excluding carboxylic acids is 2. The molecule has 0 spiro atoms. The van der Waals surface area contributed by atoms with Crippen molar-refractivity contribution in [2.24, 2.45) is 0 Å². The summed E-state index contributed by atoms with van der Waals surface area (Å²) in [5.41, 5.74) is 0. The fraction of sp³-hybridized carbons (Fsp3) is 0.880. The Hall–Kier alpha value is -1.82. The molecule has 0 aromatic carbocycles. The summed E-state index contributed by atoms with van der Waals surface area (Å²) in [6.07, 6.45) is 39.1. The van der Waals surface area contributed by atoms with Gasteiger partial charge in [0.1, 0.15) is 31.0 Å². The van der Waals surface area contributed by atoms with Gasteiger partial charge in [0.15, 0.2) is 12.4 Å².